The third kappa shape index (κ3) is 4.56. The number of likely N-dealkylation sites (tertiary alicyclic amines) is 1. The second-order valence-electron chi connectivity index (χ2n) is 7.78. The molecule has 146 valence electrons. The summed E-state index contributed by atoms with van der Waals surface area (Å²) in [5, 5.41) is 0. The molecule has 0 bridgehead atoms. The lowest BCUT2D eigenvalue weighted by molar-refractivity contribution is -0.149. The van der Waals surface area contributed by atoms with Crippen LogP contribution in [0.2, 0.25) is 16.6 Å². The highest BCUT2D eigenvalue weighted by molar-refractivity contribution is 6.77. The minimum atomic E-state index is -2.03. The van der Waals surface area contributed by atoms with Crippen LogP contribution in [-0.4, -0.2) is 58.2 Å². The Morgan fingerprint density at radius 2 is 1.48 bits per heavy atom. The lowest BCUT2D eigenvalue weighted by atomic mass is 10.00. The number of amides is 1. The summed E-state index contributed by atoms with van der Waals surface area (Å²) in [6, 6.07) is -0.644. The molecule has 1 heterocycles. The summed E-state index contributed by atoms with van der Waals surface area (Å²) in [5.41, 5.74) is 1.42. The average Bonchev–Trinajstić information content (AvgIpc) is 2.56. The molecule has 0 aromatic rings. The standard InChI is InChI=1S/C18H35NO5Si/c1-12(2)25(13(3)4,14(5)6)24-15-9-10-19(18(21)23-8)16(11-15)17(20)22-7/h12-16H,9-11H2,1-8H3/t15-,16+/m1/s1. The van der Waals surface area contributed by atoms with E-state index in [0.717, 1.165) is 0 Å². The molecule has 2 atom stereocenters. The molecule has 1 aliphatic rings. The molecule has 0 spiro atoms. The second kappa shape index (κ2) is 9.03. The maximum atomic E-state index is 12.2. The van der Waals surface area contributed by atoms with Gasteiger partial charge in [0.2, 0.25) is 8.32 Å². The van der Waals surface area contributed by atoms with E-state index in [4.69, 9.17) is 13.9 Å². The zero-order chi connectivity index (χ0) is 19.4. The fraction of sp³-hybridized carbons (Fsp3) is 0.889. The van der Waals surface area contributed by atoms with Crippen LogP contribution in [0, 0.1) is 0 Å². The molecular weight excluding hydrogens is 338 g/mol. The molecule has 1 fully saturated rings. The van der Waals surface area contributed by atoms with Crippen molar-refractivity contribution >= 4 is 20.4 Å². The first kappa shape index (κ1) is 22.0. The third-order valence-electron chi connectivity index (χ3n) is 5.51. The Balaban J connectivity index is 3.03. The number of carbonyl (C=O) groups excluding carboxylic acids is 2. The first-order valence-electron chi connectivity index (χ1n) is 9.21. The van der Waals surface area contributed by atoms with Crippen LogP contribution < -0.4 is 0 Å². The summed E-state index contributed by atoms with van der Waals surface area (Å²) in [7, 11) is 0.638. The Hall–Kier alpha value is -1.08. The van der Waals surface area contributed by atoms with Crippen molar-refractivity contribution in [2.45, 2.75) is 83.2 Å². The van der Waals surface area contributed by atoms with E-state index < -0.39 is 26.4 Å². The average molecular weight is 374 g/mol. The number of piperidine rings is 1. The van der Waals surface area contributed by atoms with E-state index in [2.05, 4.69) is 41.5 Å². The van der Waals surface area contributed by atoms with Gasteiger partial charge < -0.3 is 13.9 Å². The van der Waals surface area contributed by atoms with Gasteiger partial charge in [-0.25, -0.2) is 9.59 Å². The molecule has 0 radical (unpaired) electrons. The summed E-state index contributed by atoms with van der Waals surface area (Å²) < 4.78 is 16.5. The Morgan fingerprint density at radius 1 is 0.960 bits per heavy atom. The monoisotopic (exact) mass is 373 g/mol. The van der Waals surface area contributed by atoms with Crippen molar-refractivity contribution < 1.29 is 23.5 Å². The number of hydrogen-bond acceptors (Lipinski definition) is 5. The maximum Gasteiger partial charge on any atom is 0.410 e. The third-order valence-corrected chi connectivity index (χ3v) is 11.7. The Labute approximate surface area is 153 Å². The Morgan fingerprint density at radius 3 is 1.88 bits per heavy atom. The van der Waals surface area contributed by atoms with E-state index in [9.17, 15) is 9.59 Å². The SMILES string of the molecule is COC(=O)[C@@H]1C[C@H](O[Si](C(C)C)(C(C)C)C(C)C)CCN1C(=O)OC. The molecule has 1 amide bonds. The molecular formula is C18H35NO5Si. The van der Waals surface area contributed by atoms with Crippen molar-refractivity contribution in [1.82, 2.24) is 4.90 Å². The molecule has 25 heavy (non-hydrogen) atoms. The van der Waals surface area contributed by atoms with Crippen LogP contribution >= 0.6 is 0 Å². The molecule has 7 heteroatoms. The number of nitrogens with zero attached hydrogens (tertiary/aromatic N) is 1. The smallest absolute Gasteiger partial charge is 0.410 e. The zero-order valence-corrected chi connectivity index (χ0v) is 18.0. The lowest BCUT2D eigenvalue weighted by Gasteiger charge is -2.47. The number of carbonyl (C=O) groups is 2. The predicted molar refractivity (Wildman–Crippen MR) is 100 cm³/mol. The first-order valence-corrected chi connectivity index (χ1v) is 11.4. The van der Waals surface area contributed by atoms with E-state index in [0.29, 0.717) is 36.0 Å². The highest BCUT2D eigenvalue weighted by Gasteiger charge is 2.48. The number of hydrogen-bond donors (Lipinski definition) is 0. The van der Waals surface area contributed by atoms with E-state index >= 15 is 0 Å². The number of methoxy groups -OCH3 is 2. The highest BCUT2D eigenvalue weighted by Crippen LogP contribution is 2.44. The van der Waals surface area contributed by atoms with Crippen LogP contribution in [0.15, 0.2) is 0 Å². The van der Waals surface area contributed by atoms with E-state index in [1.807, 2.05) is 0 Å². The fourth-order valence-electron chi connectivity index (χ4n) is 4.43. The fourth-order valence-corrected chi connectivity index (χ4v) is 10.0. The van der Waals surface area contributed by atoms with Gasteiger partial charge in [0.15, 0.2) is 0 Å². The van der Waals surface area contributed by atoms with Gasteiger partial charge in [0.1, 0.15) is 6.04 Å². The Bertz CT molecular complexity index is 445. The quantitative estimate of drug-likeness (QED) is 0.521. The molecule has 0 saturated carbocycles. The summed E-state index contributed by atoms with van der Waals surface area (Å²) in [6.07, 6.45) is 0.643. The van der Waals surface area contributed by atoms with Crippen molar-refractivity contribution in [2.24, 2.45) is 0 Å². The topological polar surface area (TPSA) is 65.1 Å². The number of esters is 1. The van der Waals surface area contributed by atoms with E-state index in [1.165, 1.54) is 19.1 Å². The molecule has 0 aromatic carbocycles. The first-order chi connectivity index (χ1) is 11.6. The van der Waals surface area contributed by atoms with Crippen LogP contribution in [0.3, 0.4) is 0 Å². The summed E-state index contributed by atoms with van der Waals surface area (Å²) in [4.78, 5) is 25.6. The van der Waals surface area contributed by atoms with Gasteiger partial charge in [-0.15, -0.1) is 0 Å². The number of rotatable bonds is 6. The summed E-state index contributed by atoms with van der Waals surface area (Å²) >= 11 is 0. The lowest BCUT2D eigenvalue weighted by Crippen LogP contribution is -2.56. The van der Waals surface area contributed by atoms with Crippen molar-refractivity contribution in [1.29, 1.82) is 0 Å². The molecule has 1 saturated heterocycles. The van der Waals surface area contributed by atoms with Gasteiger partial charge in [0.05, 0.1) is 14.2 Å². The largest absolute Gasteiger partial charge is 0.467 e. The van der Waals surface area contributed by atoms with Crippen molar-refractivity contribution in [3.05, 3.63) is 0 Å². The molecule has 0 N–H and O–H groups in total. The molecule has 0 aliphatic carbocycles. The molecule has 1 rings (SSSR count). The summed E-state index contributed by atoms with van der Waals surface area (Å²) in [5.74, 6) is -0.412. The second-order valence-corrected chi connectivity index (χ2v) is 13.2. The normalized spacial score (nSPS) is 21.8. The number of ether oxygens (including phenoxy) is 2. The maximum absolute atomic E-state index is 12.2. The minimum absolute atomic E-state index is 0.0381. The highest BCUT2D eigenvalue weighted by atomic mass is 28.4. The molecule has 6 nitrogen and oxygen atoms in total. The van der Waals surface area contributed by atoms with Crippen LogP contribution in [0.25, 0.3) is 0 Å². The van der Waals surface area contributed by atoms with Gasteiger partial charge in [-0.2, -0.15) is 0 Å². The summed E-state index contributed by atoms with van der Waals surface area (Å²) in [6.45, 7) is 13.9. The van der Waals surface area contributed by atoms with Crippen LogP contribution in [-0.2, 0) is 18.7 Å². The van der Waals surface area contributed by atoms with Crippen molar-refractivity contribution in [2.75, 3.05) is 20.8 Å². The van der Waals surface area contributed by atoms with Gasteiger partial charge in [-0.05, 0) is 23.0 Å². The molecule has 1 aliphatic heterocycles. The molecule has 0 aromatic heterocycles. The van der Waals surface area contributed by atoms with Gasteiger partial charge in [0.25, 0.3) is 0 Å². The van der Waals surface area contributed by atoms with E-state index in [1.54, 1.807) is 0 Å². The van der Waals surface area contributed by atoms with Crippen LogP contribution in [0.4, 0.5) is 4.79 Å². The Kier molecular flexibility index (Phi) is 7.93. The van der Waals surface area contributed by atoms with E-state index in [-0.39, 0.29) is 6.10 Å². The predicted octanol–water partition coefficient (Wildman–Crippen LogP) is 3.95. The van der Waals surface area contributed by atoms with Gasteiger partial charge >= 0.3 is 12.1 Å². The molecule has 0 unspecified atom stereocenters. The van der Waals surface area contributed by atoms with Crippen molar-refractivity contribution in [3.8, 4) is 0 Å². The minimum Gasteiger partial charge on any atom is -0.467 e. The van der Waals surface area contributed by atoms with Crippen molar-refractivity contribution in [3.63, 3.8) is 0 Å². The van der Waals surface area contributed by atoms with Gasteiger partial charge in [0, 0.05) is 19.1 Å². The van der Waals surface area contributed by atoms with Crippen LogP contribution in [0.1, 0.15) is 54.4 Å². The van der Waals surface area contributed by atoms with Gasteiger partial charge in [-0.3, -0.25) is 4.90 Å². The van der Waals surface area contributed by atoms with Crippen LogP contribution in [0.5, 0.6) is 0 Å². The van der Waals surface area contributed by atoms with Gasteiger partial charge in [-0.1, -0.05) is 41.5 Å². The zero-order valence-electron chi connectivity index (χ0n) is 17.0.